The minimum Gasteiger partial charge on any atom is -0.493 e. The molecule has 3 N–H and O–H groups in total. The molecule has 0 saturated heterocycles. The van der Waals surface area contributed by atoms with Crippen LogP contribution in [0.4, 0.5) is 10.5 Å². The monoisotopic (exact) mass is 480 g/mol. The van der Waals surface area contributed by atoms with Crippen LogP contribution in [0, 0.1) is 20.8 Å². The van der Waals surface area contributed by atoms with E-state index in [0.29, 0.717) is 24.1 Å². The minimum absolute atomic E-state index is 0.112. The van der Waals surface area contributed by atoms with Crippen LogP contribution in [-0.2, 0) is 19.5 Å². The van der Waals surface area contributed by atoms with Crippen molar-refractivity contribution >= 4 is 11.7 Å². The number of benzene rings is 2. The molecule has 0 fully saturated rings. The number of nitrogens with zero attached hydrogens (tertiary/aromatic N) is 3. The van der Waals surface area contributed by atoms with Crippen molar-refractivity contribution in [2.45, 2.75) is 40.3 Å². The molecule has 0 atom stereocenters. The number of nitrogens with two attached hydrogens (primary N) is 1. The zero-order valence-electron chi connectivity index (χ0n) is 23.3. The van der Waals surface area contributed by atoms with Gasteiger partial charge >= 0.3 is 11.7 Å². The van der Waals surface area contributed by atoms with Crippen LogP contribution in [0.5, 0.6) is 11.5 Å². The molecule has 9 nitrogen and oxygen atoms in total. The van der Waals surface area contributed by atoms with E-state index in [1.807, 2.05) is 39.0 Å². The summed E-state index contributed by atoms with van der Waals surface area (Å²) in [6, 6.07) is 8.55. The molecule has 2 amide bonds. The van der Waals surface area contributed by atoms with Crippen LogP contribution in [0.3, 0.4) is 0 Å². The summed E-state index contributed by atoms with van der Waals surface area (Å²) in [6.07, 6.45) is 0.482. The van der Waals surface area contributed by atoms with Crippen LogP contribution in [0.2, 0.25) is 0 Å². The molecule has 0 spiro atoms. The van der Waals surface area contributed by atoms with Gasteiger partial charge in [-0.3, -0.25) is 9.13 Å². The fourth-order valence-corrected chi connectivity index (χ4v) is 4.64. The van der Waals surface area contributed by atoms with E-state index in [0.717, 1.165) is 33.5 Å². The largest absolute Gasteiger partial charge is 0.493 e. The Morgan fingerprint density at radius 2 is 1.86 bits per heavy atom. The zero-order chi connectivity index (χ0) is 27.8. The van der Waals surface area contributed by atoms with Crippen molar-refractivity contribution in [1.82, 2.24) is 14.5 Å². The van der Waals surface area contributed by atoms with Gasteiger partial charge in [0.25, 0.3) is 0 Å². The smallest absolute Gasteiger partial charge is 0.330 e. The molecule has 0 saturated carbocycles. The van der Waals surface area contributed by atoms with Gasteiger partial charge in [-0.2, -0.15) is 0 Å². The van der Waals surface area contributed by atoms with Crippen LogP contribution in [0.15, 0.2) is 40.1 Å². The third-order valence-corrected chi connectivity index (χ3v) is 6.17. The maximum atomic E-state index is 13.7. The number of aromatic nitrogens is 2. The molecule has 2 heterocycles. The number of fused-ring (bicyclic) bond motifs is 3. The highest BCUT2D eigenvalue weighted by atomic mass is 16.5. The Labute approximate surface area is 208 Å². The number of methoxy groups -OCH3 is 2. The van der Waals surface area contributed by atoms with Gasteiger partial charge in [0.05, 0.1) is 29.6 Å². The molecule has 0 aliphatic carbocycles. The zero-order valence-corrected chi connectivity index (χ0v) is 20.3. The van der Waals surface area contributed by atoms with Gasteiger partial charge in [0, 0.05) is 31.3 Å². The Morgan fingerprint density at radius 1 is 1.14 bits per heavy atom. The van der Waals surface area contributed by atoms with Gasteiger partial charge in [0.15, 0.2) is 11.5 Å². The number of hydrogen-bond donors (Lipinski definition) is 2. The molecule has 1 aromatic heterocycles. The number of rotatable bonds is 6. The molecular formula is C26H31N5O4. The molecule has 35 heavy (non-hydrogen) atoms. The number of ether oxygens (including phenoxy) is 2. The predicted octanol–water partition coefficient (Wildman–Crippen LogP) is 2.72. The first-order valence-electron chi connectivity index (χ1n) is 12.8. The number of carbonyl (C=O) groups is 1. The maximum absolute atomic E-state index is 13.7. The fraction of sp³-hybridized carbons (Fsp3) is 0.346. The lowest BCUT2D eigenvalue weighted by Crippen LogP contribution is -2.44. The third-order valence-electron chi connectivity index (χ3n) is 6.17. The molecule has 0 bridgehead atoms. The number of primary amides is 1. The first kappa shape index (κ1) is 20.4. The van der Waals surface area contributed by atoms with E-state index in [4.69, 9.17) is 24.3 Å². The molecule has 1 aliphatic rings. The first-order chi connectivity index (χ1) is 17.9. The van der Waals surface area contributed by atoms with Crippen molar-refractivity contribution in [3.63, 3.8) is 0 Å². The maximum Gasteiger partial charge on any atom is 0.330 e. The first-order valence-corrected chi connectivity index (χ1v) is 11.3. The number of hydrogen-bond acceptors (Lipinski definition) is 5. The van der Waals surface area contributed by atoms with Crippen LogP contribution < -0.4 is 31.7 Å². The molecule has 0 radical (unpaired) electrons. The van der Waals surface area contributed by atoms with Crippen molar-refractivity contribution in [3.8, 4) is 22.8 Å². The summed E-state index contributed by atoms with van der Waals surface area (Å²) in [7, 11) is -1.20. The molecule has 0 unspecified atom stereocenters. The number of nitrogens with one attached hydrogen (secondary N) is 1. The summed E-state index contributed by atoms with van der Waals surface area (Å²) in [6.45, 7) is 6.65. The van der Waals surface area contributed by atoms with Gasteiger partial charge in [-0.05, 0) is 56.0 Å². The van der Waals surface area contributed by atoms with Gasteiger partial charge in [0.1, 0.15) is 5.49 Å². The second kappa shape index (κ2) is 9.69. The van der Waals surface area contributed by atoms with Gasteiger partial charge in [-0.1, -0.05) is 17.7 Å². The van der Waals surface area contributed by atoms with E-state index in [1.54, 1.807) is 16.7 Å². The Bertz CT molecular complexity index is 1520. The molecule has 9 heteroatoms. The minimum atomic E-state index is -2.63. The summed E-state index contributed by atoms with van der Waals surface area (Å²) >= 11 is 0. The molecular weight excluding hydrogens is 446 g/mol. The highest BCUT2D eigenvalue weighted by molar-refractivity contribution is 5.71. The molecule has 1 aliphatic heterocycles. The van der Waals surface area contributed by atoms with E-state index >= 15 is 0 Å². The lowest BCUT2D eigenvalue weighted by atomic mass is 9.97. The average Bonchev–Trinajstić information content (AvgIpc) is 2.81. The number of aryl methyl sites for hydroxylation is 4. The quantitative estimate of drug-likeness (QED) is 0.565. The van der Waals surface area contributed by atoms with E-state index < -0.39 is 13.1 Å². The van der Waals surface area contributed by atoms with Crippen molar-refractivity contribution in [2.75, 3.05) is 20.7 Å². The van der Waals surface area contributed by atoms with E-state index in [9.17, 15) is 9.59 Å². The second-order valence-electron chi connectivity index (χ2n) is 8.64. The number of urea groups is 1. The molecule has 3 aromatic rings. The summed E-state index contributed by atoms with van der Waals surface area (Å²) in [5.74, 6) is 0.355. The van der Waals surface area contributed by atoms with Gasteiger partial charge in [-0.15, -0.1) is 0 Å². The van der Waals surface area contributed by atoms with Crippen molar-refractivity contribution < 1.29 is 18.4 Å². The summed E-state index contributed by atoms with van der Waals surface area (Å²) in [5.41, 5.74) is 11.3. The molecule has 184 valence electrons. The van der Waals surface area contributed by atoms with Gasteiger partial charge in [-0.25, -0.2) is 14.6 Å². The Hall–Kier alpha value is -4.01. The lowest BCUT2D eigenvalue weighted by Gasteiger charge is -2.24. The normalized spacial score (nSPS) is 14.3. The summed E-state index contributed by atoms with van der Waals surface area (Å²) in [5, 5.41) is 2.53. The Kier molecular flexibility index (Phi) is 5.64. The number of amides is 2. The standard InChI is InChI=1S/C26H31N5O4/c1-15-10-16(2)24(17(3)11-15)29-23-14-20-19-13-22(35-5)21(34-4)12-18(19)6-8-30(20)26(33)31(23)9-7-28-25(27)32/h10-14H,6-9H2,1-5H3,(H3,27,28,32)/i4D3. The third kappa shape index (κ3) is 4.66. The SMILES string of the molecule is [2H]C([2H])([2H])Oc1cc2c(cc1OC)-c1cc(=Nc3c(C)cc(C)cc3C)n(CCNC(N)=O)c(=O)n1CC2. The highest BCUT2D eigenvalue weighted by Crippen LogP contribution is 2.37. The number of carbonyl (C=O) groups excluding carboxylic acids is 1. The second-order valence-corrected chi connectivity index (χ2v) is 8.64. The summed E-state index contributed by atoms with van der Waals surface area (Å²) in [4.78, 5) is 29.9. The van der Waals surface area contributed by atoms with Crippen LogP contribution in [0.1, 0.15) is 26.4 Å². The average molecular weight is 481 g/mol. The van der Waals surface area contributed by atoms with Crippen LogP contribution >= 0.6 is 0 Å². The molecule has 2 aromatic carbocycles. The Morgan fingerprint density at radius 3 is 2.51 bits per heavy atom. The lowest BCUT2D eigenvalue weighted by molar-refractivity contribution is 0.248. The molecule has 4 rings (SSSR count). The van der Waals surface area contributed by atoms with E-state index in [1.165, 1.54) is 11.7 Å². The predicted molar refractivity (Wildman–Crippen MR) is 134 cm³/mol. The van der Waals surface area contributed by atoms with E-state index in [2.05, 4.69) is 5.32 Å². The fourth-order valence-electron chi connectivity index (χ4n) is 4.64. The van der Waals surface area contributed by atoms with Crippen molar-refractivity contribution in [2.24, 2.45) is 10.7 Å². The van der Waals surface area contributed by atoms with Gasteiger partial charge in [0.2, 0.25) is 0 Å². The van der Waals surface area contributed by atoms with Crippen molar-refractivity contribution in [1.29, 1.82) is 0 Å². The van der Waals surface area contributed by atoms with Gasteiger partial charge < -0.3 is 20.5 Å². The topological polar surface area (TPSA) is 113 Å². The summed E-state index contributed by atoms with van der Waals surface area (Å²) < 4.78 is 36.2. The highest BCUT2D eigenvalue weighted by Gasteiger charge is 2.22. The van der Waals surface area contributed by atoms with Crippen molar-refractivity contribution in [3.05, 3.63) is 68.6 Å². The van der Waals surface area contributed by atoms with E-state index in [-0.39, 0.29) is 30.3 Å². The van der Waals surface area contributed by atoms with Crippen LogP contribution in [-0.4, -0.2) is 35.9 Å². The van der Waals surface area contributed by atoms with Crippen LogP contribution in [0.25, 0.3) is 11.3 Å². The Balaban J connectivity index is 1.95.